The molecule has 0 atom stereocenters. The van der Waals surface area contributed by atoms with Crippen molar-refractivity contribution in [2.24, 2.45) is 5.92 Å². The second kappa shape index (κ2) is 8.48. The molecule has 0 aliphatic carbocycles. The summed E-state index contributed by atoms with van der Waals surface area (Å²) in [5, 5.41) is 1.71. The van der Waals surface area contributed by atoms with E-state index in [1.165, 1.54) is 5.01 Å². The second-order valence-corrected chi connectivity index (χ2v) is 7.75. The van der Waals surface area contributed by atoms with Gasteiger partial charge in [0.25, 0.3) is 11.8 Å². The molecule has 2 aromatic rings. The molecule has 1 N–H and O–H groups in total. The lowest BCUT2D eigenvalue weighted by Gasteiger charge is -2.20. The standard InChI is InChI=1S/C22H24ClN3O2/c1-15(2)11-12-25(3)18-9-7-16(8-10-18)13-20-21(27)24-26(22(20)28)19-6-4-5-17(23)14-19/h4-10,13-15H,11-12H2,1-3H3,(H,24,27)/b20-13-. The van der Waals surface area contributed by atoms with Crippen LogP contribution < -0.4 is 15.3 Å². The van der Waals surface area contributed by atoms with Crippen LogP contribution in [0.1, 0.15) is 25.8 Å². The van der Waals surface area contributed by atoms with Crippen molar-refractivity contribution < 1.29 is 9.59 Å². The summed E-state index contributed by atoms with van der Waals surface area (Å²) in [6, 6.07) is 14.6. The van der Waals surface area contributed by atoms with E-state index in [4.69, 9.17) is 11.6 Å². The summed E-state index contributed by atoms with van der Waals surface area (Å²) in [7, 11) is 2.06. The molecule has 0 saturated carbocycles. The van der Waals surface area contributed by atoms with Crippen molar-refractivity contribution >= 4 is 40.9 Å². The van der Waals surface area contributed by atoms with Gasteiger partial charge in [0.1, 0.15) is 5.57 Å². The highest BCUT2D eigenvalue weighted by molar-refractivity contribution is 6.33. The Kier molecular flexibility index (Phi) is 6.05. The van der Waals surface area contributed by atoms with Gasteiger partial charge >= 0.3 is 0 Å². The molecule has 1 aliphatic rings. The van der Waals surface area contributed by atoms with E-state index in [1.54, 1.807) is 30.3 Å². The first kappa shape index (κ1) is 20.0. The van der Waals surface area contributed by atoms with E-state index in [2.05, 4.69) is 31.2 Å². The molecule has 1 saturated heterocycles. The minimum absolute atomic E-state index is 0.0980. The van der Waals surface area contributed by atoms with Gasteiger partial charge in [-0.05, 0) is 54.3 Å². The normalized spacial score (nSPS) is 15.5. The van der Waals surface area contributed by atoms with Gasteiger partial charge in [0.05, 0.1) is 5.69 Å². The first-order valence-corrected chi connectivity index (χ1v) is 9.67. The number of hydrogen-bond donors (Lipinski definition) is 1. The molecule has 1 fully saturated rings. The van der Waals surface area contributed by atoms with Crippen molar-refractivity contribution in [1.29, 1.82) is 0 Å². The predicted octanol–water partition coefficient (Wildman–Crippen LogP) is 4.28. The molecule has 0 unspecified atom stereocenters. The van der Waals surface area contributed by atoms with Gasteiger partial charge in [-0.1, -0.05) is 43.6 Å². The highest BCUT2D eigenvalue weighted by Gasteiger charge is 2.34. The highest BCUT2D eigenvalue weighted by atomic mass is 35.5. The molecular weight excluding hydrogens is 374 g/mol. The number of benzene rings is 2. The molecule has 5 nitrogen and oxygen atoms in total. The summed E-state index contributed by atoms with van der Waals surface area (Å²) >= 11 is 5.98. The summed E-state index contributed by atoms with van der Waals surface area (Å²) in [6.07, 6.45) is 2.73. The van der Waals surface area contributed by atoms with Crippen LogP contribution in [-0.2, 0) is 9.59 Å². The fourth-order valence-corrected chi connectivity index (χ4v) is 3.11. The Morgan fingerprint density at radius 2 is 1.86 bits per heavy atom. The van der Waals surface area contributed by atoms with E-state index in [9.17, 15) is 9.59 Å². The van der Waals surface area contributed by atoms with Crippen LogP contribution in [0.4, 0.5) is 11.4 Å². The molecule has 0 aromatic heterocycles. The zero-order valence-electron chi connectivity index (χ0n) is 16.3. The number of nitrogens with one attached hydrogen (secondary N) is 1. The van der Waals surface area contributed by atoms with Crippen LogP contribution in [0, 0.1) is 5.92 Å². The van der Waals surface area contributed by atoms with Crippen molar-refractivity contribution in [1.82, 2.24) is 5.43 Å². The monoisotopic (exact) mass is 397 g/mol. The van der Waals surface area contributed by atoms with Gasteiger partial charge in [-0.15, -0.1) is 0 Å². The molecule has 0 spiro atoms. The summed E-state index contributed by atoms with van der Waals surface area (Å²) < 4.78 is 0. The van der Waals surface area contributed by atoms with Gasteiger partial charge in [0, 0.05) is 24.3 Å². The van der Waals surface area contributed by atoms with Crippen molar-refractivity contribution in [2.45, 2.75) is 20.3 Å². The van der Waals surface area contributed by atoms with E-state index in [0.29, 0.717) is 16.6 Å². The Hall–Kier alpha value is -2.79. The number of hydrogen-bond acceptors (Lipinski definition) is 3. The summed E-state index contributed by atoms with van der Waals surface area (Å²) in [5.74, 6) is -0.172. The molecular formula is C22H24ClN3O2. The number of hydrazine groups is 1. The van der Waals surface area contributed by atoms with Crippen molar-refractivity contribution in [3.05, 3.63) is 64.7 Å². The largest absolute Gasteiger partial charge is 0.375 e. The van der Waals surface area contributed by atoms with Crippen LogP contribution in [0.25, 0.3) is 6.08 Å². The predicted molar refractivity (Wildman–Crippen MR) is 114 cm³/mol. The molecule has 3 rings (SSSR count). The molecule has 6 heteroatoms. The third-order valence-corrected chi connectivity index (χ3v) is 4.88. The van der Waals surface area contributed by atoms with Gasteiger partial charge in [-0.25, -0.2) is 5.01 Å². The Bertz CT molecular complexity index is 906. The maximum absolute atomic E-state index is 12.7. The quantitative estimate of drug-likeness (QED) is 0.584. The van der Waals surface area contributed by atoms with Crippen LogP contribution >= 0.6 is 11.6 Å². The Labute approximate surface area is 170 Å². The van der Waals surface area contributed by atoms with Gasteiger partial charge in [-0.3, -0.25) is 15.0 Å². The molecule has 2 amide bonds. The van der Waals surface area contributed by atoms with E-state index in [0.717, 1.165) is 24.2 Å². The van der Waals surface area contributed by atoms with E-state index < -0.39 is 11.8 Å². The van der Waals surface area contributed by atoms with Gasteiger partial charge in [0.15, 0.2) is 0 Å². The zero-order chi connectivity index (χ0) is 20.3. The Morgan fingerprint density at radius 3 is 2.50 bits per heavy atom. The molecule has 2 aromatic carbocycles. The van der Waals surface area contributed by atoms with Crippen molar-refractivity contribution in [3.63, 3.8) is 0 Å². The molecule has 0 radical (unpaired) electrons. The van der Waals surface area contributed by atoms with Gasteiger partial charge in [-0.2, -0.15) is 0 Å². The van der Waals surface area contributed by atoms with Crippen LogP contribution in [0.2, 0.25) is 5.02 Å². The summed E-state index contributed by atoms with van der Waals surface area (Å²) in [4.78, 5) is 27.2. The first-order valence-electron chi connectivity index (χ1n) is 9.29. The number of carbonyl (C=O) groups excluding carboxylic acids is 2. The third kappa shape index (κ3) is 4.54. The molecule has 28 heavy (non-hydrogen) atoms. The number of rotatable bonds is 6. The lowest BCUT2D eigenvalue weighted by Crippen LogP contribution is -2.35. The number of halogens is 1. The summed E-state index contributed by atoms with van der Waals surface area (Å²) in [6.45, 7) is 5.40. The average molecular weight is 398 g/mol. The van der Waals surface area contributed by atoms with Crippen molar-refractivity contribution in [3.8, 4) is 0 Å². The Morgan fingerprint density at radius 1 is 1.14 bits per heavy atom. The number of carbonyl (C=O) groups is 2. The third-order valence-electron chi connectivity index (χ3n) is 4.64. The van der Waals surface area contributed by atoms with E-state index >= 15 is 0 Å². The zero-order valence-corrected chi connectivity index (χ0v) is 17.0. The van der Waals surface area contributed by atoms with Gasteiger partial charge in [0.2, 0.25) is 0 Å². The molecule has 0 bridgehead atoms. The SMILES string of the molecule is CC(C)CCN(C)c1ccc(/C=C2/C(=O)NN(c3cccc(Cl)c3)C2=O)cc1. The van der Waals surface area contributed by atoms with Crippen LogP contribution in [0.15, 0.2) is 54.1 Å². The van der Waals surface area contributed by atoms with Gasteiger partial charge < -0.3 is 4.90 Å². The number of amides is 2. The lowest BCUT2D eigenvalue weighted by molar-refractivity contribution is -0.117. The fourth-order valence-electron chi connectivity index (χ4n) is 2.93. The maximum Gasteiger partial charge on any atom is 0.282 e. The average Bonchev–Trinajstić information content (AvgIpc) is 2.95. The maximum atomic E-state index is 12.7. The minimum atomic E-state index is -0.428. The smallest absolute Gasteiger partial charge is 0.282 e. The highest BCUT2D eigenvalue weighted by Crippen LogP contribution is 2.24. The van der Waals surface area contributed by atoms with E-state index in [1.807, 2.05) is 24.3 Å². The first-order chi connectivity index (χ1) is 13.3. The number of anilines is 2. The fraction of sp³-hybridized carbons (Fsp3) is 0.273. The Balaban J connectivity index is 1.76. The molecule has 1 aliphatic heterocycles. The van der Waals surface area contributed by atoms with Crippen molar-refractivity contribution in [2.75, 3.05) is 23.5 Å². The molecule has 146 valence electrons. The van der Waals surface area contributed by atoms with Crippen LogP contribution in [-0.4, -0.2) is 25.4 Å². The topological polar surface area (TPSA) is 52.7 Å². The number of nitrogens with zero attached hydrogens (tertiary/aromatic N) is 2. The molecule has 1 heterocycles. The van der Waals surface area contributed by atoms with E-state index in [-0.39, 0.29) is 5.57 Å². The lowest BCUT2D eigenvalue weighted by atomic mass is 10.1. The second-order valence-electron chi connectivity index (χ2n) is 7.31. The summed E-state index contributed by atoms with van der Waals surface area (Å²) in [5.41, 5.74) is 5.11. The minimum Gasteiger partial charge on any atom is -0.375 e. The van der Waals surface area contributed by atoms with Crippen LogP contribution in [0.3, 0.4) is 0 Å². The van der Waals surface area contributed by atoms with Crippen LogP contribution in [0.5, 0.6) is 0 Å².